The van der Waals surface area contributed by atoms with Gasteiger partial charge in [0.05, 0.1) is 12.5 Å². The zero-order chi connectivity index (χ0) is 11.9. The van der Waals surface area contributed by atoms with Crippen molar-refractivity contribution < 1.29 is 147 Å². The molecule has 0 radical (unpaired) electrons. The minimum atomic E-state index is -5.39. The first-order chi connectivity index (χ1) is 6.04. The van der Waals surface area contributed by atoms with Gasteiger partial charge in [-0.1, -0.05) is 0 Å². The first-order valence-electron chi connectivity index (χ1n) is 3.02. The van der Waals surface area contributed by atoms with Crippen molar-refractivity contribution in [2.75, 3.05) is 13.6 Å². The quantitative estimate of drug-likeness (QED) is 0.218. The molecule has 0 saturated carbocycles. The van der Waals surface area contributed by atoms with Gasteiger partial charge in [-0.25, -0.2) is 0 Å². The maximum atomic E-state index is 9.81. The van der Waals surface area contributed by atoms with Crippen molar-refractivity contribution in [1.82, 2.24) is 4.90 Å². The van der Waals surface area contributed by atoms with Gasteiger partial charge in [-0.3, -0.25) is 5.41 Å². The van der Waals surface area contributed by atoms with E-state index in [1.54, 1.807) is 0 Å². The molecule has 3 N–H and O–H groups in total. The Hall–Kier alpha value is 2.85. The van der Waals surface area contributed by atoms with Gasteiger partial charge in [-0.2, -0.15) is 7.82 Å². The first-order valence-corrected chi connectivity index (χ1v) is 4.48. The molecule has 84 valence electrons. The van der Waals surface area contributed by atoms with Gasteiger partial charge in [0.15, 0.2) is 5.96 Å². The van der Waals surface area contributed by atoms with E-state index >= 15 is 0 Å². The summed E-state index contributed by atoms with van der Waals surface area (Å²) in [6.45, 7) is -0.338. The number of carbonyl (C=O) groups excluding carboxylic acids is 1. The molecule has 0 aromatic carbocycles. The SMILES string of the molecule is CN(CC(=O)[O-])C(=N)N.O=P([O-])([O-])[O-].[Na+].[Na+].[Na+].[Na+]. The smallest absolute Gasteiger partial charge is 0.822 e. The van der Waals surface area contributed by atoms with Crippen LogP contribution in [0.2, 0.25) is 0 Å². The molecule has 0 bridgehead atoms. The molecule has 0 heterocycles. The molecule has 0 aromatic rings. The van der Waals surface area contributed by atoms with Crippen molar-refractivity contribution in [2.24, 2.45) is 5.73 Å². The standard InChI is InChI=1S/C4H9N3O2.4Na.H3O4P/c1-7(4(5)6)2-3(8)9;;;;;1-5(2,3)4/h2H2,1H3,(H3,5,6)(H,8,9);;;;;(H3,1,2,3,4)/q;4*+1;/p-4. The predicted octanol–water partition coefficient (Wildman–Crippen LogP) is -17.2. The minimum Gasteiger partial charge on any atom is -0.822 e. The summed E-state index contributed by atoms with van der Waals surface area (Å²) in [5, 5.41) is 16.5. The van der Waals surface area contributed by atoms with Gasteiger partial charge in [-0.05, 0) is 0 Å². The average molecular weight is 317 g/mol. The molecule has 0 unspecified atom stereocenters. The number of nitrogens with zero attached hydrogens (tertiary/aromatic N) is 1. The molecule has 18 heavy (non-hydrogen) atoms. The molecule has 0 fully saturated rings. The van der Waals surface area contributed by atoms with Crippen LogP contribution in [0.25, 0.3) is 0 Å². The summed E-state index contributed by atoms with van der Waals surface area (Å²) in [4.78, 5) is 36.5. The molecule has 14 heteroatoms. The van der Waals surface area contributed by atoms with Crippen molar-refractivity contribution in [2.45, 2.75) is 0 Å². The van der Waals surface area contributed by atoms with Crippen LogP contribution >= 0.6 is 7.82 Å². The topological polar surface area (TPSA) is 179 Å². The Kier molecular flexibility index (Phi) is 41.1. The molecular weight excluding hydrogens is 309 g/mol. The van der Waals surface area contributed by atoms with Crippen molar-refractivity contribution in [3.8, 4) is 0 Å². The predicted molar refractivity (Wildman–Crippen MR) is 37.2 cm³/mol. The average Bonchev–Trinajstić information content (AvgIpc) is 1.80. The van der Waals surface area contributed by atoms with Gasteiger partial charge in [0.2, 0.25) is 0 Å². The Morgan fingerprint density at radius 2 is 1.44 bits per heavy atom. The van der Waals surface area contributed by atoms with E-state index in [-0.39, 0.29) is 131 Å². The number of carbonyl (C=O) groups is 1. The molecule has 0 amide bonds. The summed E-state index contributed by atoms with van der Waals surface area (Å²) in [6, 6.07) is 0. The summed E-state index contributed by atoms with van der Waals surface area (Å²) in [5.74, 6) is -1.52. The fourth-order valence-electron chi connectivity index (χ4n) is 0.279. The number of carboxylic acids is 1. The number of carboxylic acid groups (broad SMARTS) is 1. The third kappa shape index (κ3) is 51.0. The minimum absolute atomic E-state index is 0. The Bertz CT molecular complexity index is 255. The number of phosphoric acid groups is 1. The van der Waals surface area contributed by atoms with E-state index in [9.17, 15) is 9.90 Å². The van der Waals surface area contributed by atoms with Crippen LogP contribution in [0.5, 0.6) is 0 Å². The largest absolute Gasteiger partial charge is 1.00 e. The maximum Gasteiger partial charge on any atom is 1.00 e. The number of guanidine groups is 1. The number of nitrogens with two attached hydrogens (primary N) is 1. The van der Waals surface area contributed by atoms with Gasteiger partial charge in [0, 0.05) is 7.05 Å². The Labute approximate surface area is 193 Å². The van der Waals surface area contributed by atoms with Crippen molar-refractivity contribution in [1.29, 1.82) is 5.41 Å². The summed E-state index contributed by atoms with van der Waals surface area (Å²) < 4.78 is 8.55. The molecule has 9 nitrogen and oxygen atoms in total. The Balaban J connectivity index is -0.0000000359. The molecule has 0 spiro atoms. The second kappa shape index (κ2) is 19.9. The van der Waals surface area contributed by atoms with Crippen LogP contribution < -0.4 is 144 Å². The number of hydrogen-bond acceptors (Lipinski definition) is 7. The number of aliphatic carboxylic acids is 1. The zero-order valence-electron chi connectivity index (χ0n) is 11.1. The molecule has 0 aliphatic heterocycles. The van der Waals surface area contributed by atoms with E-state index in [4.69, 9.17) is 30.4 Å². The number of likely N-dealkylation sites (N-methyl/N-ethyl adjacent to an activating group) is 1. The van der Waals surface area contributed by atoms with Crippen LogP contribution in [0.4, 0.5) is 0 Å². The van der Waals surface area contributed by atoms with E-state index in [1.165, 1.54) is 7.05 Å². The molecule has 0 aliphatic carbocycles. The van der Waals surface area contributed by atoms with E-state index in [1.807, 2.05) is 0 Å². The monoisotopic (exact) mass is 317 g/mol. The Morgan fingerprint density at radius 3 is 1.50 bits per heavy atom. The van der Waals surface area contributed by atoms with Crippen molar-refractivity contribution in [3.05, 3.63) is 0 Å². The van der Waals surface area contributed by atoms with Crippen LogP contribution in [0.1, 0.15) is 0 Å². The molecule has 0 saturated heterocycles. The fourth-order valence-corrected chi connectivity index (χ4v) is 0.279. The fraction of sp³-hybridized carbons (Fsp3) is 0.500. The van der Waals surface area contributed by atoms with Crippen molar-refractivity contribution >= 4 is 19.8 Å². The van der Waals surface area contributed by atoms with Gasteiger partial charge in [-0.15, -0.1) is 0 Å². The van der Waals surface area contributed by atoms with Gasteiger partial charge in [0.1, 0.15) is 0 Å². The van der Waals surface area contributed by atoms with E-state index in [2.05, 4.69) is 0 Å². The first kappa shape index (κ1) is 37.3. The van der Waals surface area contributed by atoms with Crippen LogP contribution in [0.3, 0.4) is 0 Å². The summed E-state index contributed by atoms with van der Waals surface area (Å²) in [7, 11) is -3.99. The van der Waals surface area contributed by atoms with Gasteiger partial charge >= 0.3 is 118 Å². The summed E-state index contributed by atoms with van der Waals surface area (Å²) >= 11 is 0. The van der Waals surface area contributed by atoms with E-state index < -0.39 is 13.8 Å². The van der Waals surface area contributed by atoms with Gasteiger partial charge in [0.25, 0.3) is 0 Å². The zero-order valence-corrected chi connectivity index (χ0v) is 20.0. The second-order valence-electron chi connectivity index (χ2n) is 2.06. The molecular formula is C4H8N3Na4O6P. The Morgan fingerprint density at radius 1 is 1.22 bits per heavy atom. The van der Waals surface area contributed by atoms with Crippen molar-refractivity contribution in [3.63, 3.8) is 0 Å². The van der Waals surface area contributed by atoms with Gasteiger partial charge < -0.3 is 39.8 Å². The van der Waals surface area contributed by atoms with E-state index in [0.29, 0.717) is 0 Å². The third-order valence-corrected chi connectivity index (χ3v) is 0.778. The second-order valence-corrected chi connectivity index (χ2v) is 2.95. The molecule has 0 rings (SSSR count). The molecule has 0 aromatic heterocycles. The number of nitrogens with one attached hydrogen (secondary N) is 1. The number of rotatable bonds is 2. The van der Waals surface area contributed by atoms with Crippen LogP contribution in [0.15, 0.2) is 0 Å². The normalized spacial score (nSPS) is 7.56. The van der Waals surface area contributed by atoms with E-state index in [0.717, 1.165) is 4.90 Å². The summed E-state index contributed by atoms with van der Waals surface area (Å²) in [5.41, 5.74) is 4.90. The van der Waals surface area contributed by atoms with Crippen LogP contribution in [-0.2, 0) is 9.36 Å². The third-order valence-electron chi connectivity index (χ3n) is 0.778. The maximum absolute atomic E-state index is 9.81. The summed E-state index contributed by atoms with van der Waals surface area (Å²) in [6.07, 6.45) is 0. The molecule has 0 atom stereocenters. The number of hydrogen-bond donors (Lipinski definition) is 2. The van der Waals surface area contributed by atoms with Crippen LogP contribution in [-0.4, -0.2) is 30.4 Å². The van der Waals surface area contributed by atoms with Crippen LogP contribution in [0, 0.1) is 5.41 Å². The molecule has 0 aliphatic rings.